The molecule has 0 radical (unpaired) electrons. The summed E-state index contributed by atoms with van der Waals surface area (Å²) in [5.74, 6) is -0.500. The summed E-state index contributed by atoms with van der Waals surface area (Å²) < 4.78 is 26.6. The van der Waals surface area contributed by atoms with Crippen LogP contribution in [0, 0.1) is 11.6 Å². The molecule has 2 rings (SSSR count). The van der Waals surface area contributed by atoms with E-state index in [4.69, 9.17) is 11.6 Å². The van der Waals surface area contributed by atoms with Crippen LogP contribution in [0.2, 0.25) is 5.02 Å². The molecule has 0 saturated heterocycles. The van der Waals surface area contributed by atoms with Gasteiger partial charge in [-0.25, -0.2) is 8.78 Å². The molecule has 0 saturated carbocycles. The first-order valence-corrected chi connectivity index (χ1v) is 7.38. The van der Waals surface area contributed by atoms with Gasteiger partial charge < -0.3 is 5.32 Å². The van der Waals surface area contributed by atoms with Crippen LogP contribution in [-0.2, 0) is 6.42 Å². The van der Waals surface area contributed by atoms with Gasteiger partial charge in [-0.3, -0.25) is 0 Å². The van der Waals surface area contributed by atoms with Gasteiger partial charge in [0.2, 0.25) is 0 Å². The molecule has 1 atom stereocenters. The fraction of sp³-hybridized carbons (Fsp3) is 0.294. The first kappa shape index (κ1) is 15.9. The van der Waals surface area contributed by atoms with Gasteiger partial charge in [-0.05, 0) is 48.4 Å². The van der Waals surface area contributed by atoms with Crippen molar-refractivity contribution in [1.82, 2.24) is 5.32 Å². The molecular formula is C17H18ClF2N. The molecule has 0 aliphatic carbocycles. The first-order chi connectivity index (χ1) is 10.1. The summed E-state index contributed by atoms with van der Waals surface area (Å²) in [6.07, 6.45) is 0.673. The first-order valence-electron chi connectivity index (χ1n) is 7.00. The minimum Gasteiger partial charge on any atom is -0.316 e. The summed E-state index contributed by atoms with van der Waals surface area (Å²) in [6.45, 7) is 3.64. The van der Waals surface area contributed by atoms with E-state index < -0.39 is 5.82 Å². The Morgan fingerprint density at radius 2 is 1.81 bits per heavy atom. The maximum Gasteiger partial charge on any atom is 0.142 e. The number of likely N-dealkylation sites (N-methyl/N-ethyl adjacent to an activating group) is 1. The summed E-state index contributed by atoms with van der Waals surface area (Å²) in [5.41, 5.74) is 1.91. The van der Waals surface area contributed by atoms with Gasteiger partial charge in [0, 0.05) is 12.5 Å². The number of halogens is 3. The van der Waals surface area contributed by atoms with Gasteiger partial charge in [-0.15, -0.1) is 0 Å². The fourth-order valence-electron chi connectivity index (χ4n) is 2.31. The average molecular weight is 310 g/mol. The van der Waals surface area contributed by atoms with Crippen molar-refractivity contribution in [3.05, 3.63) is 70.2 Å². The lowest BCUT2D eigenvalue weighted by molar-refractivity contribution is 0.585. The average Bonchev–Trinajstić information content (AvgIpc) is 2.48. The molecule has 4 heteroatoms. The van der Waals surface area contributed by atoms with Crippen LogP contribution in [-0.4, -0.2) is 13.1 Å². The van der Waals surface area contributed by atoms with E-state index in [-0.39, 0.29) is 16.8 Å². The van der Waals surface area contributed by atoms with Crippen molar-refractivity contribution >= 4 is 11.6 Å². The van der Waals surface area contributed by atoms with E-state index in [2.05, 4.69) is 5.32 Å². The molecule has 1 unspecified atom stereocenters. The molecule has 0 aliphatic heterocycles. The zero-order chi connectivity index (χ0) is 15.2. The van der Waals surface area contributed by atoms with Crippen LogP contribution < -0.4 is 5.32 Å². The lowest BCUT2D eigenvalue weighted by Gasteiger charge is -2.18. The van der Waals surface area contributed by atoms with E-state index in [1.165, 1.54) is 18.2 Å². The maximum absolute atomic E-state index is 13.5. The van der Waals surface area contributed by atoms with Gasteiger partial charge in [0.25, 0.3) is 0 Å². The summed E-state index contributed by atoms with van der Waals surface area (Å²) in [7, 11) is 0. The van der Waals surface area contributed by atoms with Gasteiger partial charge in [0.1, 0.15) is 11.6 Å². The van der Waals surface area contributed by atoms with Crippen molar-refractivity contribution in [2.45, 2.75) is 19.3 Å². The van der Waals surface area contributed by atoms with Crippen LogP contribution in [0.3, 0.4) is 0 Å². The molecule has 1 N–H and O–H groups in total. The highest BCUT2D eigenvalue weighted by Gasteiger charge is 2.13. The predicted molar refractivity (Wildman–Crippen MR) is 82.8 cm³/mol. The van der Waals surface area contributed by atoms with Gasteiger partial charge in [-0.2, -0.15) is 0 Å². The molecule has 0 spiro atoms. The number of hydrogen-bond acceptors (Lipinski definition) is 1. The molecule has 2 aromatic rings. The highest BCUT2D eigenvalue weighted by Crippen LogP contribution is 2.23. The molecule has 112 valence electrons. The number of rotatable bonds is 6. The Morgan fingerprint density at radius 1 is 1.10 bits per heavy atom. The molecule has 0 amide bonds. The van der Waals surface area contributed by atoms with Crippen molar-refractivity contribution in [2.24, 2.45) is 0 Å². The second-order valence-corrected chi connectivity index (χ2v) is 5.42. The van der Waals surface area contributed by atoms with E-state index >= 15 is 0 Å². The Morgan fingerprint density at radius 3 is 2.43 bits per heavy atom. The highest BCUT2D eigenvalue weighted by atomic mass is 35.5. The van der Waals surface area contributed by atoms with E-state index in [1.54, 1.807) is 18.2 Å². The van der Waals surface area contributed by atoms with E-state index in [0.29, 0.717) is 6.42 Å². The molecular weight excluding hydrogens is 292 g/mol. The standard InChI is InChI=1S/C17H18ClF2N/c1-2-21-11-14(13-4-6-15(19)7-5-13)9-12-3-8-16(18)17(20)10-12/h3-8,10,14,21H,2,9,11H2,1H3. The third-order valence-electron chi connectivity index (χ3n) is 3.45. The molecule has 0 aromatic heterocycles. The maximum atomic E-state index is 13.5. The molecule has 0 bridgehead atoms. The quantitative estimate of drug-likeness (QED) is 0.825. The van der Waals surface area contributed by atoms with E-state index in [1.807, 2.05) is 13.0 Å². The van der Waals surface area contributed by atoms with Gasteiger partial charge >= 0.3 is 0 Å². The van der Waals surface area contributed by atoms with Crippen molar-refractivity contribution in [3.63, 3.8) is 0 Å². The van der Waals surface area contributed by atoms with Crippen molar-refractivity contribution in [3.8, 4) is 0 Å². The summed E-state index contributed by atoms with van der Waals surface area (Å²) in [6, 6.07) is 11.3. The Kier molecular flexibility index (Phi) is 5.71. The van der Waals surface area contributed by atoms with Crippen molar-refractivity contribution in [1.29, 1.82) is 0 Å². The normalized spacial score (nSPS) is 12.4. The van der Waals surface area contributed by atoms with Crippen LogP contribution in [0.5, 0.6) is 0 Å². The van der Waals surface area contributed by atoms with Crippen LogP contribution in [0.1, 0.15) is 24.0 Å². The van der Waals surface area contributed by atoms with Crippen LogP contribution in [0.25, 0.3) is 0 Å². The Bertz CT molecular complexity index is 584. The monoisotopic (exact) mass is 309 g/mol. The van der Waals surface area contributed by atoms with E-state index in [0.717, 1.165) is 24.2 Å². The van der Waals surface area contributed by atoms with Crippen LogP contribution in [0.15, 0.2) is 42.5 Å². The van der Waals surface area contributed by atoms with E-state index in [9.17, 15) is 8.78 Å². The summed E-state index contributed by atoms with van der Waals surface area (Å²) in [5, 5.41) is 3.42. The largest absolute Gasteiger partial charge is 0.316 e. The lowest BCUT2D eigenvalue weighted by Crippen LogP contribution is -2.22. The third-order valence-corrected chi connectivity index (χ3v) is 3.75. The number of hydrogen-bond donors (Lipinski definition) is 1. The van der Waals surface area contributed by atoms with Crippen LogP contribution >= 0.6 is 11.6 Å². The highest BCUT2D eigenvalue weighted by molar-refractivity contribution is 6.30. The van der Waals surface area contributed by atoms with Gasteiger partial charge in [0.15, 0.2) is 0 Å². The lowest BCUT2D eigenvalue weighted by atomic mass is 9.92. The Labute approximate surface area is 128 Å². The second kappa shape index (κ2) is 7.53. The number of nitrogens with one attached hydrogen (secondary N) is 1. The summed E-state index contributed by atoms with van der Waals surface area (Å²) >= 11 is 5.71. The minimum atomic E-state index is -0.407. The molecule has 2 aromatic carbocycles. The molecule has 0 fully saturated rings. The zero-order valence-electron chi connectivity index (χ0n) is 11.9. The van der Waals surface area contributed by atoms with Crippen molar-refractivity contribution in [2.75, 3.05) is 13.1 Å². The zero-order valence-corrected chi connectivity index (χ0v) is 12.6. The molecule has 0 aliphatic rings. The topological polar surface area (TPSA) is 12.0 Å². The predicted octanol–water partition coefficient (Wildman–Crippen LogP) is 4.55. The van der Waals surface area contributed by atoms with Gasteiger partial charge in [0.05, 0.1) is 5.02 Å². The third kappa shape index (κ3) is 4.51. The fourth-order valence-corrected chi connectivity index (χ4v) is 2.43. The molecule has 0 heterocycles. The number of benzene rings is 2. The minimum absolute atomic E-state index is 0.128. The smallest absolute Gasteiger partial charge is 0.142 e. The van der Waals surface area contributed by atoms with Gasteiger partial charge in [-0.1, -0.05) is 36.7 Å². The van der Waals surface area contributed by atoms with Crippen molar-refractivity contribution < 1.29 is 8.78 Å². The molecule has 21 heavy (non-hydrogen) atoms. The molecule has 1 nitrogen and oxygen atoms in total. The summed E-state index contributed by atoms with van der Waals surface area (Å²) in [4.78, 5) is 0. The SMILES string of the molecule is CCNCC(Cc1ccc(Cl)c(F)c1)c1ccc(F)cc1. The second-order valence-electron chi connectivity index (χ2n) is 5.01. The van der Waals surface area contributed by atoms with Crippen LogP contribution in [0.4, 0.5) is 8.78 Å². The Hall–Kier alpha value is -1.45. The Balaban J connectivity index is 2.19.